The summed E-state index contributed by atoms with van der Waals surface area (Å²) < 4.78 is 17.7. The molecule has 2 amide bonds. The van der Waals surface area contributed by atoms with Gasteiger partial charge in [0, 0.05) is 6.54 Å². The van der Waals surface area contributed by atoms with Crippen LogP contribution in [0.2, 0.25) is 0 Å². The molecular formula is C15H17FN2O4. The molecule has 0 aromatic heterocycles. The molecule has 7 heteroatoms. The normalized spacial score (nSPS) is 21.0. The molecule has 2 rings (SSSR count). The molecule has 0 saturated carbocycles. The Kier molecular flexibility index (Phi) is 4.35. The summed E-state index contributed by atoms with van der Waals surface area (Å²) in [4.78, 5) is 24.0. The lowest BCUT2D eigenvalue weighted by Gasteiger charge is -2.40. The molecule has 1 unspecified atom stereocenters. The predicted octanol–water partition coefficient (Wildman–Crippen LogP) is 2.32. The van der Waals surface area contributed by atoms with Gasteiger partial charge in [0.15, 0.2) is 0 Å². The summed E-state index contributed by atoms with van der Waals surface area (Å²) in [6.45, 7) is 1.97. The van der Waals surface area contributed by atoms with Crippen LogP contribution in [0.1, 0.15) is 12.5 Å². The third-order valence-corrected chi connectivity index (χ3v) is 3.61. The maximum atomic E-state index is 13.1. The van der Waals surface area contributed by atoms with Crippen molar-refractivity contribution in [3.63, 3.8) is 0 Å². The van der Waals surface area contributed by atoms with Gasteiger partial charge in [-0.15, -0.1) is 0 Å². The molecule has 6 nitrogen and oxygen atoms in total. The van der Waals surface area contributed by atoms with Gasteiger partial charge in [-0.25, -0.2) is 14.0 Å². The number of alkyl carbamates (subject to hydrolysis) is 1. The van der Waals surface area contributed by atoms with Crippen molar-refractivity contribution >= 4 is 17.8 Å². The topological polar surface area (TPSA) is 78.9 Å². The molecule has 1 aromatic carbocycles. The summed E-state index contributed by atoms with van der Waals surface area (Å²) in [5.74, 6) is -0.366. The van der Waals surface area contributed by atoms with Crippen LogP contribution in [0.4, 0.5) is 14.0 Å². The largest absolute Gasteiger partial charge is 0.465 e. The second kappa shape index (κ2) is 6.05. The molecule has 2 N–H and O–H groups in total. The Bertz CT molecular complexity index is 614. The standard InChI is InChI=1S/C15H17FN2O4/c1-15(17-13(19)22-2)9-18(14(20)21)8-7-12(15)10-3-5-11(16)6-4-10/h3-7H,8-9H2,1-2H3,(H,17,19)(H,20,21). The first-order valence-corrected chi connectivity index (χ1v) is 6.66. The zero-order chi connectivity index (χ0) is 16.3. The molecule has 0 fully saturated rings. The molecule has 0 saturated heterocycles. The van der Waals surface area contributed by atoms with E-state index in [1.165, 1.54) is 24.1 Å². The van der Waals surface area contributed by atoms with Crippen molar-refractivity contribution in [2.24, 2.45) is 0 Å². The lowest BCUT2D eigenvalue weighted by molar-refractivity contribution is 0.130. The van der Waals surface area contributed by atoms with Gasteiger partial charge in [0.1, 0.15) is 5.82 Å². The van der Waals surface area contributed by atoms with Gasteiger partial charge >= 0.3 is 12.2 Å². The Morgan fingerprint density at radius 2 is 2.00 bits per heavy atom. The number of ether oxygens (including phenoxy) is 1. The number of hydrogen-bond acceptors (Lipinski definition) is 3. The monoisotopic (exact) mass is 308 g/mol. The molecule has 0 bridgehead atoms. The number of hydrogen-bond donors (Lipinski definition) is 2. The Balaban J connectivity index is 2.40. The quantitative estimate of drug-likeness (QED) is 0.879. The maximum Gasteiger partial charge on any atom is 0.407 e. The highest BCUT2D eigenvalue weighted by Crippen LogP contribution is 2.31. The highest BCUT2D eigenvalue weighted by atomic mass is 19.1. The fraction of sp³-hybridized carbons (Fsp3) is 0.333. The van der Waals surface area contributed by atoms with E-state index < -0.39 is 17.7 Å². The number of rotatable bonds is 2. The second-order valence-corrected chi connectivity index (χ2v) is 5.24. The van der Waals surface area contributed by atoms with E-state index >= 15 is 0 Å². The summed E-state index contributed by atoms with van der Waals surface area (Å²) in [6.07, 6.45) is -0.0316. The van der Waals surface area contributed by atoms with Gasteiger partial charge < -0.3 is 20.1 Å². The Hall–Kier alpha value is -2.57. The van der Waals surface area contributed by atoms with Crippen molar-refractivity contribution in [3.8, 4) is 0 Å². The van der Waals surface area contributed by atoms with Crippen LogP contribution in [0, 0.1) is 5.82 Å². The van der Waals surface area contributed by atoms with Crippen molar-refractivity contribution in [1.82, 2.24) is 10.2 Å². The highest BCUT2D eigenvalue weighted by molar-refractivity contribution is 5.81. The van der Waals surface area contributed by atoms with E-state index in [1.54, 1.807) is 25.1 Å². The minimum Gasteiger partial charge on any atom is -0.465 e. The van der Waals surface area contributed by atoms with Gasteiger partial charge in [0.05, 0.1) is 19.2 Å². The number of carbonyl (C=O) groups is 2. The molecule has 0 spiro atoms. The Morgan fingerprint density at radius 3 is 2.55 bits per heavy atom. The molecule has 1 heterocycles. The average Bonchev–Trinajstić information content (AvgIpc) is 2.47. The molecule has 22 heavy (non-hydrogen) atoms. The summed E-state index contributed by atoms with van der Waals surface area (Å²) in [5, 5.41) is 11.8. The molecule has 0 radical (unpaired) electrons. The van der Waals surface area contributed by atoms with Gasteiger partial charge in [-0.1, -0.05) is 18.2 Å². The van der Waals surface area contributed by atoms with Crippen LogP contribution >= 0.6 is 0 Å². The number of nitrogens with one attached hydrogen (secondary N) is 1. The Morgan fingerprint density at radius 1 is 1.36 bits per heavy atom. The third-order valence-electron chi connectivity index (χ3n) is 3.61. The lowest BCUT2D eigenvalue weighted by atomic mass is 9.83. The Labute approximate surface area is 127 Å². The number of methoxy groups -OCH3 is 1. The fourth-order valence-electron chi connectivity index (χ4n) is 2.55. The second-order valence-electron chi connectivity index (χ2n) is 5.24. The molecule has 1 aromatic rings. The molecule has 1 atom stereocenters. The van der Waals surface area contributed by atoms with E-state index in [4.69, 9.17) is 5.11 Å². The minimum absolute atomic E-state index is 0.0701. The van der Waals surface area contributed by atoms with Gasteiger partial charge in [0.2, 0.25) is 0 Å². The zero-order valence-corrected chi connectivity index (χ0v) is 12.3. The first-order valence-electron chi connectivity index (χ1n) is 6.66. The number of carbonyl (C=O) groups excluding carboxylic acids is 1. The summed E-state index contributed by atoms with van der Waals surface area (Å²) in [5.41, 5.74) is 0.461. The first kappa shape index (κ1) is 15.8. The smallest absolute Gasteiger partial charge is 0.407 e. The van der Waals surface area contributed by atoms with Crippen LogP contribution in [0.3, 0.4) is 0 Å². The van der Waals surface area contributed by atoms with E-state index in [0.717, 1.165) is 5.57 Å². The van der Waals surface area contributed by atoms with Gasteiger partial charge in [-0.2, -0.15) is 0 Å². The van der Waals surface area contributed by atoms with E-state index in [0.29, 0.717) is 5.56 Å². The van der Waals surface area contributed by atoms with Gasteiger partial charge in [-0.05, 0) is 30.2 Å². The zero-order valence-electron chi connectivity index (χ0n) is 12.3. The number of benzene rings is 1. The molecule has 1 aliphatic rings. The van der Waals surface area contributed by atoms with Gasteiger partial charge in [-0.3, -0.25) is 0 Å². The van der Waals surface area contributed by atoms with Crippen LogP contribution in [-0.2, 0) is 4.74 Å². The van der Waals surface area contributed by atoms with Crippen LogP contribution < -0.4 is 5.32 Å². The summed E-state index contributed by atoms with van der Waals surface area (Å²) in [7, 11) is 1.23. The van der Waals surface area contributed by atoms with Crippen LogP contribution in [0.15, 0.2) is 30.3 Å². The van der Waals surface area contributed by atoms with Crippen molar-refractivity contribution < 1.29 is 23.8 Å². The third kappa shape index (κ3) is 3.19. The number of halogens is 1. The van der Waals surface area contributed by atoms with Crippen LogP contribution in [0.5, 0.6) is 0 Å². The van der Waals surface area contributed by atoms with Crippen molar-refractivity contribution in [1.29, 1.82) is 0 Å². The molecule has 118 valence electrons. The minimum atomic E-state index is -1.08. The van der Waals surface area contributed by atoms with Gasteiger partial charge in [0.25, 0.3) is 0 Å². The summed E-state index contributed by atoms with van der Waals surface area (Å²) in [6, 6.07) is 5.82. The van der Waals surface area contributed by atoms with Crippen molar-refractivity contribution in [2.75, 3.05) is 20.2 Å². The SMILES string of the molecule is COC(=O)NC1(C)CN(C(=O)O)CC=C1c1ccc(F)cc1. The van der Waals surface area contributed by atoms with Crippen LogP contribution in [-0.4, -0.2) is 47.9 Å². The molecule has 1 aliphatic heterocycles. The molecular weight excluding hydrogens is 291 g/mol. The predicted molar refractivity (Wildman–Crippen MR) is 77.9 cm³/mol. The van der Waals surface area contributed by atoms with Crippen molar-refractivity contribution in [2.45, 2.75) is 12.5 Å². The maximum absolute atomic E-state index is 13.1. The van der Waals surface area contributed by atoms with E-state index in [2.05, 4.69) is 10.1 Å². The highest BCUT2D eigenvalue weighted by Gasteiger charge is 2.38. The van der Waals surface area contributed by atoms with E-state index in [1.807, 2.05) is 0 Å². The average molecular weight is 308 g/mol. The van der Waals surface area contributed by atoms with E-state index in [9.17, 15) is 14.0 Å². The first-order chi connectivity index (χ1) is 10.4. The number of nitrogens with zero attached hydrogens (tertiary/aromatic N) is 1. The van der Waals surface area contributed by atoms with E-state index in [-0.39, 0.29) is 18.9 Å². The number of amides is 2. The fourth-order valence-corrected chi connectivity index (χ4v) is 2.55. The lowest BCUT2D eigenvalue weighted by Crippen LogP contribution is -2.57. The van der Waals surface area contributed by atoms with Crippen molar-refractivity contribution in [3.05, 3.63) is 41.7 Å². The summed E-state index contributed by atoms with van der Waals surface area (Å²) >= 11 is 0. The molecule has 0 aliphatic carbocycles. The number of carboxylic acid groups (broad SMARTS) is 1. The van der Waals surface area contributed by atoms with Crippen LogP contribution in [0.25, 0.3) is 5.57 Å².